The van der Waals surface area contributed by atoms with Gasteiger partial charge in [0.05, 0.1) is 25.5 Å². The Morgan fingerprint density at radius 2 is 2.06 bits per heavy atom. The molecule has 1 aliphatic rings. The molecule has 2 atom stereocenters. The second-order valence-electron chi connectivity index (χ2n) is 5.19. The number of ether oxygens (including phenoxy) is 2. The standard InChI is InChI=1S/C15H23NO2/c1-11-5-3-4-6-14(11)18-10-12-7-8-15(17-2)13(16)9-12/h7-9,11,14H,3-6,10,16H2,1-2H3. The van der Waals surface area contributed by atoms with Crippen molar-refractivity contribution in [1.82, 2.24) is 0 Å². The van der Waals surface area contributed by atoms with E-state index >= 15 is 0 Å². The lowest BCUT2D eigenvalue weighted by Crippen LogP contribution is -2.25. The van der Waals surface area contributed by atoms with E-state index in [9.17, 15) is 0 Å². The highest BCUT2D eigenvalue weighted by Gasteiger charge is 2.21. The van der Waals surface area contributed by atoms with Gasteiger partial charge in [0.15, 0.2) is 0 Å². The van der Waals surface area contributed by atoms with Crippen molar-refractivity contribution in [2.24, 2.45) is 5.92 Å². The number of benzene rings is 1. The Bertz CT molecular complexity index is 392. The van der Waals surface area contributed by atoms with Crippen LogP contribution in [0.15, 0.2) is 18.2 Å². The quantitative estimate of drug-likeness (QED) is 0.832. The van der Waals surface area contributed by atoms with Crippen LogP contribution < -0.4 is 10.5 Å². The van der Waals surface area contributed by atoms with Crippen LogP contribution in [0.25, 0.3) is 0 Å². The average molecular weight is 249 g/mol. The van der Waals surface area contributed by atoms with Gasteiger partial charge in [-0.3, -0.25) is 0 Å². The Morgan fingerprint density at radius 1 is 1.28 bits per heavy atom. The highest BCUT2D eigenvalue weighted by Crippen LogP contribution is 2.28. The average Bonchev–Trinajstić information content (AvgIpc) is 2.38. The Morgan fingerprint density at radius 3 is 2.72 bits per heavy atom. The van der Waals surface area contributed by atoms with Crippen LogP contribution in [0.3, 0.4) is 0 Å². The third-order valence-electron chi connectivity index (χ3n) is 3.79. The summed E-state index contributed by atoms with van der Waals surface area (Å²) in [4.78, 5) is 0. The van der Waals surface area contributed by atoms with Gasteiger partial charge >= 0.3 is 0 Å². The van der Waals surface area contributed by atoms with Gasteiger partial charge in [0.2, 0.25) is 0 Å². The molecule has 2 N–H and O–H groups in total. The SMILES string of the molecule is COc1ccc(COC2CCCCC2C)cc1N. The summed E-state index contributed by atoms with van der Waals surface area (Å²) in [7, 11) is 1.63. The number of anilines is 1. The summed E-state index contributed by atoms with van der Waals surface area (Å²) in [6.07, 6.45) is 5.51. The lowest BCUT2D eigenvalue weighted by atomic mass is 9.88. The van der Waals surface area contributed by atoms with E-state index in [4.69, 9.17) is 15.2 Å². The number of rotatable bonds is 4. The highest BCUT2D eigenvalue weighted by molar-refractivity contribution is 5.54. The number of nitrogen functional groups attached to an aromatic ring is 1. The Labute approximate surface area is 109 Å². The molecule has 0 spiro atoms. The van der Waals surface area contributed by atoms with Crippen LogP contribution in [-0.4, -0.2) is 13.2 Å². The van der Waals surface area contributed by atoms with E-state index in [1.54, 1.807) is 7.11 Å². The molecule has 0 aliphatic heterocycles. The maximum absolute atomic E-state index is 6.01. The van der Waals surface area contributed by atoms with Crippen molar-refractivity contribution in [3.63, 3.8) is 0 Å². The lowest BCUT2D eigenvalue weighted by molar-refractivity contribution is -0.0154. The summed E-state index contributed by atoms with van der Waals surface area (Å²) in [6.45, 7) is 2.93. The molecule has 3 heteroatoms. The van der Waals surface area contributed by atoms with Crippen LogP contribution in [0, 0.1) is 5.92 Å². The van der Waals surface area contributed by atoms with Crippen LogP contribution in [0.5, 0.6) is 5.75 Å². The zero-order valence-corrected chi connectivity index (χ0v) is 11.3. The molecule has 100 valence electrons. The maximum atomic E-state index is 6.01. The largest absolute Gasteiger partial charge is 0.495 e. The number of methoxy groups -OCH3 is 1. The highest BCUT2D eigenvalue weighted by atomic mass is 16.5. The molecule has 2 unspecified atom stereocenters. The first-order valence-electron chi connectivity index (χ1n) is 6.74. The molecule has 1 aromatic rings. The van der Waals surface area contributed by atoms with Crippen molar-refractivity contribution < 1.29 is 9.47 Å². The lowest BCUT2D eigenvalue weighted by Gasteiger charge is -2.28. The van der Waals surface area contributed by atoms with Crippen molar-refractivity contribution in [1.29, 1.82) is 0 Å². The van der Waals surface area contributed by atoms with Crippen molar-refractivity contribution in [3.05, 3.63) is 23.8 Å². The van der Waals surface area contributed by atoms with Crippen molar-refractivity contribution >= 4 is 5.69 Å². The molecule has 0 radical (unpaired) electrons. The monoisotopic (exact) mass is 249 g/mol. The van der Waals surface area contributed by atoms with Gasteiger partial charge in [0.1, 0.15) is 5.75 Å². The van der Waals surface area contributed by atoms with Gasteiger partial charge in [0, 0.05) is 0 Å². The van der Waals surface area contributed by atoms with Gasteiger partial charge < -0.3 is 15.2 Å². The molecule has 0 bridgehead atoms. The van der Waals surface area contributed by atoms with Gasteiger partial charge in [-0.2, -0.15) is 0 Å². The van der Waals surface area contributed by atoms with E-state index in [1.807, 2.05) is 18.2 Å². The molecule has 2 rings (SSSR count). The zero-order chi connectivity index (χ0) is 13.0. The molecule has 0 aromatic heterocycles. The normalized spacial score (nSPS) is 23.9. The smallest absolute Gasteiger partial charge is 0.141 e. The molecular weight excluding hydrogens is 226 g/mol. The minimum Gasteiger partial charge on any atom is -0.495 e. The summed E-state index contributed by atoms with van der Waals surface area (Å²) >= 11 is 0. The third kappa shape index (κ3) is 3.16. The van der Waals surface area contributed by atoms with Crippen molar-refractivity contribution in [2.45, 2.75) is 45.3 Å². The van der Waals surface area contributed by atoms with Gasteiger partial charge in [-0.05, 0) is 36.5 Å². The molecule has 0 saturated heterocycles. The summed E-state index contributed by atoms with van der Waals surface area (Å²) < 4.78 is 11.2. The molecule has 1 saturated carbocycles. The van der Waals surface area contributed by atoms with E-state index in [1.165, 1.54) is 25.7 Å². The predicted molar refractivity (Wildman–Crippen MR) is 73.6 cm³/mol. The molecule has 0 amide bonds. The number of hydrogen-bond acceptors (Lipinski definition) is 3. The van der Waals surface area contributed by atoms with Crippen LogP contribution in [0.2, 0.25) is 0 Å². The molecule has 1 aliphatic carbocycles. The molecular formula is C15H23NO2. The van der Waals surface area contributed by atoms with Crippen LogP contribution in [0.1, 0.15) is 38.2 Å². The van der Waals surface area contributed by atoms with Crippen LogP contribution >= 0.6 is 0 Å². The first-order chi connectivity index (χ1) is 8.70. The maximum Gasteiger partial charge on any atom is 0.141 e. The fourth-order valence-corrected chi connectivity index (χ4v) is 2.61. The number of hydrogen-bond donors (Lipinski definition) is 1. The second-order valence-corrected chi connectivity index (χ2v) is 5.19. The molecule has 1 aromatic carbocycles. The second kappa shape index (κ2) is 6.10. The van der Waals surface area contributed by atoms with Crippen molar-refractivity contribution in [2.75, 3.05) is 12.8 Å². The summed E-state index contributed by atoms with van der Waals surface area (Å²) in [6, 6.07) is 5.85. The Hall–Kier alpha value is -1.22. The van der Waals surface area contributed by atoms with E-state index in [-0.39, 0.29) is 0 Å². The fraction of sp³-hybridized carbons (Fsp3) is 0.600. The minimum absolute atomic E-state index is 0.405. The van der Waals surface area contributed by atoms with E-state index < -0.39 is 0 Å². The van der Waals surface area contributed by atoms with Gasteiger partial charge in [0.25, 0.3) is 0 Å². The molecule has 3 nitrogen and oxygen atoms in total. The Kier molecular flexibility index (Phi) is 4.48. The van der Waals surface area contributed by atoms with Gasteiger partial charge in [-0.1, -0.05) is 25.8 Å². The summed E-state index contributed by atoms with van der Waals surface area (Å²) in [5.41, 5.74) is 7.68. The Balaban J connectivity index is 1.91. The van der Waals surface area contributed by atoms with E-state index in [2.05, 4.69) is 6.92 Å². The fourth-order valence-electron chi connectivity index (χ4n) is 2.61. The summed E-state index contributed by atoms with van der Waals surface area (Å²) in [5, 5.41) is 0. The van der Waals surface area contributed by atoms with E-state index in [0.717, 1.165) is 11.3 Å². The third-order valence-corrected chi connectivity index (χ3v) is 3.79. The van der Waals surface area contributed by atoms with Crippen LogP contribution in [-0.2, 0) is 11.3 Å². The minimum atomic E-state index is 0.405. The topological polar surface area (TPSA) is 44.5 Å². The first-order valence-corrected chi connectivity index (χ1v) is 6.74. The van der Waals surface area contributed by atoms with Gasteiger partial charge in [-0.15, -0.1) is 0 Å². The zero-order valence-electron chi connectivity index (χ0n) is 11.3. The molecule has 18 heavy (non-hydrogen) atoms. The van der Waals surface area contributed by atoms with E-state index in [0.29, 0.717) is 24.3 Å². The molecule has 1 fully saturated rings. The van der Waals surface area contributed by atoms with Crippen LogP contribution in [0.4, 0.5) is 5.69 Å². The predicted octanol–water partition coefficient (Wildman–Crippen LogP) is 3.37. The first kappa shape index (κ1) is 13.2. The van der Waals surface area contributed by atoms with Crippen molar-refractivity contribution in [3.8, 4) is 5.75 Å². The summed E-state index contributed by atoms with van der Waals surface area (Å²) in [5.74, 6) is 1.40. The number of nitrogens with two attached hydrogens (primary N) is 1. The van der Waals surface area contributed by atoms with Gasteiger partial charge in [-0.25, -0.2) is 0 Å². The molecule has 0 heterocycles.